The molecule has 0 spiro atoms. The van der Waals surface area contributed by atoms with Crippen molar-refractivity contribution in [3.8, 4) is 0 Å². The topological polar surface area (TPSA) is 24.5 Å². The van der Waals surface area contributed by atoms with E-state index in [1.54, 1.807) is 7.11 Å². The Bertz CT molecular complexity index is 125. The van der Waals surface area contributed by atoms with Gasteiger partial charge in [0.2, 0.25) is 0 Å². The van der Waals surface area contributed by atoms with Crippen LogP contribution in [0.1, 0.15) is 12.8 Å². The molecule has 0 unspecified atom stereocenters. The fourth-order valence-electron chi connectivity index (χ4n) is 1.25. The molecule has 92 valence electrons. The first-order chi connectivity index (χ1) is 7.31. The van der Waals surface area contributed by atoms with Crippen LogP contribution >= 0.6 is 11.8 Å². The van der Waals surface area contributed by atoms with Crippen molar-refractivity contribution in [2.24, 2.45) is 0 Å². The van der Waals surface area contributed by atoms with Crippen molar-refractivity contribution in [3.63, 3.8) is 0 Å². The van der Waals surface area contributed by atoms with Crippen LogP contribution in [-0.2, 0) is 4.74 Å². The standard InChI is InChI=1S/C11H26N2OS/c1-13(9-10-14-2)8-7-12-6-4-5-11-15-3/h12H,4-11H2,1-3H3. The monoisotopic (exact) mass is 234 g/mol. The normalized spacial score (nSPS) is 11.2. The maximum Gasteiger partial charge on any atom is 0.0589 e. The largest absolute Gasteiger partial charge is 0.383 e. The van der Waals surface area contributed by atoms with Gasteiger partial charge in [-0.25, -0.2) is 0 Å². The van der Waals surface area contributed by atoms with Crippen molar-refractivity contribution >= 4 is 11.8 Å². The van der Waals surface area contributed by atoms with Crippen LogP contribution in [0.2, 0.25) is 0 Å². The highest BCUT2D eigenvalue weighted by Gasteiger charge is 1.96. The van der Waals surface area contributed by atoms with Gasteiger partial charge in [-0.1, -0.05) is 0 Å². The molecule has 0 aliphatic rings. The second-order valence-electron chi connectivity index (χ2n) is 3.75. The molecule has 0 saturated heterocycles. The van der Waals surface area contributed by atoms with Crippen molar-refractivity contribution in [2.75, 3.05) is 59.0 Å². The van der Waals surface area contributed by atoms with Crippen LogP contribution in [0.15, 0.2) is 0 Å². The van der Waals surface area contributed by atoms with Gasteiger partial charge in [-0.3, -0.25) is 0 Å². The Kier molecular flexibility index (Phi) is 12.5. The minimum atomic E-state index is 0.824. The van der Waals surface area contributed by atoms with E-state index in [1.807, 2.05) is 11.8 Å². The Morgan fingerprint density at radius 1 is 1.20 bits per heavy atom. The highest BCUT2D eigenvalue weighted by molar-refractivity contribution is 7.98. The average molecular weight is 234 g/mol. The summed E-state index contributed by atoms with van der Waals surface area (Å²) in [5, 5.41) is 3.46. The lowest BCUT2D eigenvalue weighted by Crippen LogP contribution is -2.31. The Morgan fingerprint density at radius 3 is 2.67 bits per heavy atom. The summed E-state index contributed by atoms with van der Waals surface area (Å²) in [6, 6.07) is 0. The van der Waals surface area contributed by atoms with Gasteiger partial charge in [0.05, 0.1) is 6.61 Å². The van der Waals surface area contributed by atoms with E-state index in [9.17, 15) is 0 Å². The molecule has 0 bridgehead atoms. The van der Waals surface area contributed by atoms with E-state index in [4.69, 9.17) is 4.74 Å². The van der Waals surface area contributed by atoms with Gasteiger partial charge < -0.3 is 15.0 Å². The van der Waals surface area contributed by atoms with Crippen LogP contribution in [0.4, 0.5) is 0 Å². The van der Waals surface area contributed by atoms with Crippen LogP contribution in [0, 0.1) is 0 Å². The van der Waals surface area contributed by atoms with E-state index in [-0.39, 0.29) is 0 Å². The number of likely N-dealkylation sites (N-methyl/N-ethyl adjacent to an activating group) is 1. The molecular weight excluding hydrogens is 208 g/mol. The number of ether oxygens (including phenoxy) is 1. The zero-order valence-corrected chi connectivity index (χ0v) is 11.2. The summed E-state index contributed by atoms with van der Waals surface area (Å²) in [5.41, 5.74) is 0. The molecule has 1 N–H and O–H groups in total. The lowest BCUT2D eigenvalue weighted by molar-refractivity contribution is 0.161. The van der Waals surface area contributed by atoms with Crippen molar-refractivity contribution in [3.05, 3.63) is 0 Å². The third-order valence-corrected chi connectivity index (χ3v) is 3.00. The number of nitrogens with one attached hydrogen (secondary N) is 1. The van der Waals surface area contributed by atoms with Gasteiger partial charge in [0.25, 0.3) is 0 Å². The first kappa shape index (κ1) is 15.2. The number of unbranched alkanes of at least 4 members (excludes halogenated alkanes) is 1. The third kappa shape index (κ3) is 12.2. The molecule has 0 radical (unpaired) electrons. The summed E-state index contributed by atoms with van der Waals surface area (Å²) < 4.78 is 5.02. The average Bonchev–Trinajstić information content (AvgIpc) is 2.25. The molecule has 0 aliphatic heterocycles. The molecule has 0 aromatic carbocycles. The summed E-state index contributed by atoms with van der Waals surface area (Å²) in [6.45, 7) is 5.18. The van der Waals surface area contributed by atoms with Gasteiger partial charge in [-0.15, -0.1) is 0 Å². The van der Waals surface area contributed by atoms with Crippen molar-refractivity contribution < 1.29 is 4.74 Å². The van der Waals surface area contributed by atoms with Gasteiger partial charge in [0.15, 0.2) is 0 Å². The molecule has 0 fully saturated rings. The van der Waals surface area contributed by atoms with Crippen molar-refractivity contribution in [2.45, 2.75) is 12.8 Å². The smallest absolute Gasteiger partial charge is 0.0589 e. The summed E-state index contributed by atoms with van der Waals surface area (Å²) in [6.07, 6.45) is 4.79. The van der Waals surface area contributed by atoms with Crippen molar-refractivity contribution in [1.29, 1.82) is 0 Å². The maximum atomic E-state index is 5.02. The molecule has 15 heavy (non-hydrogen) atoms. The summed E-state index contributed by atoms with van der Waals surface area (Å²) in [5.74, 6) is 1.29. The zero-order valence-electron chi connectivity index (χ0n) is 10.4. The second-order valence-corrected chi connectivity index (χ2v) is 4.73. The molecule has 0 heterocycles. The van der Waals surface area contributed by atoms with E-state index in [2.05, 4.69) is 23.5 Å². The SMILES string of the molecule is COCCN(C)CCNCCCCSC. The minimum absolute atomic E-state index is 0.824. The molecule has 0 atom stereocenters. The molecule has 0 aliphatic carbocycles. The van der Waals surface area contributed by atoms with Crippen LogP contribution in [-0.4, -0.2) is 63.9 Å². The Hall–Kier alpha value is 0.230. The number of rotatable bonds is 11. The lowest BCUT2D eigenvalue weighted by Gasteiger charge is -2.16. The second kappa shape index (κ2) is 12.3. The highest BCUT2D eigenvalue weighted by Crippen LogP contribution is 1.97. The first-order valence-corrected chi connectivity index (χ1v) is 7.07. The van der Waals surface area contributed by atoms with E-state index >= 15 is 0 Å². The molecule has 3 nitrogen and oxygen atoms in total. The molecule has 0 aromatic rings. The molecule has 0 rings (SSSR count). The van der Waals surface area contributed by atoms with E-state index in [0.717, 1.165) is 32.8 Å². The van der Waals surface area contributed by atoms with Gasteiger partial charge in [0.1, 0.15) is 0 Å². The van der Waals surface area contributed by atoms with Crippen LogP contribution < -0.4 is 5.32 Å². The van der Waals surface area contributed by atoms with Gasteiger partial charge in [0, 0.05) is 26.7 Å². The number of hydrogen-bond acceptors (Lipinski definition) is 4. The Morgan fingerprint density at radius 2 is 2.00 bits per heavy atom. The molecule has 0 amide bonds. The molecule has 0 saturated carbocycles. The zero-order chi connectivity index (χ0) is 11.4. The number of methoxy groups -OCH3 is 1. The summed E-state index contributed by atoms with van der Waals surface area (Å²) >= 11 is 1.93. The molecular formula is C11H26N2OS. The molecule has 4 heteroatoms. The van der Waals surface area contributed by atoms with Crippen LogP contribution in [0.25, 0.3) is 0 Å². The third-order valence-electron chi connectivity index (χ3n) is 2.30. The van der Waals surface area contributed by atoms with Gasteiger partial charge >= 0.3 is 0 Å². The Labute approximate surface area is 98.9 Å². The fourth-order valence-corrected chi connectivity index (χ4v) is 1.74. The lowest BCUT2D eigenvalue weighted by atomic mass is 10.3. The van der Waals surface area contributed by atoms with Gasteiger partial charge in [-0.2, -0.15) is 11.8 Å². The summed E-state index contributed by atoms with van der Waals surface area (Å²) in [7, 11) is 3.88. The van der Waals surface area contributed by atoms with Crippen LogP contribution in [0.5, 0.6) is 0 Å². The van der Waals surface area contributed by atoms with E-state index < -0.39 is 0 Å². The van der Waals surface area contributed by atoms with Crippen LogP contribution in [0.3, 0.4) is 0 Å². The quantitative estimate of drug-likeness (QED) is 0.545. The first-order valence-electron chi connectivity index (χ1n) is 5.68. The number of hydrogen-bond donors (Lipinski definition) is 1. The van der Waals surface area contributed by atoms with E-state index in [0.29, 0.717) is 0 Å². The fraction of sp³-hybridized carbons (Fsp3) is 1.00. The van der Waals surface area contributed by atoms with Gasteiger partial charge in [-0.05, 0) is 38.4 Å². The summed E-state index contributed by atoms with van der Waals surface area (Å²) in [4.78, 5) is 2.29. The number of thioether (sulfide) groups is 1. The highest BCUT2D eigenvalue weighted by atomic mass is 32.2. The predicted octanol–water partition coefficient (Wildman–Crippen LogP) is 1.30. The Balaban J connectivity index is 3.02. The predicted molar refractivity (Wildman–Crippen MR) is 69.9 cm³/mol. The van der Waals surface area contributed by atoms with E-state index in [1.165, 1.54) is 18.6 Å². The minimum Gasteiger partial charge on any atom is -0.383 e. The maximum absolute atomic E-state index is 5.02. The number of nitrogens with zero attached hydrogens (tertiary/aromatic N) is 1. The molecule has 0 aromatic heterocycles. The van der Waals surface area contributed by atoms with Crippen molar-refractivity contribution in [1.82, 2.24) is 10.2 Å².